The number of benzene rings is 1. The first-order chi connectivity index (χ1) is 15.1. The molecule has 1 N–H and O–H groups in total. The van der Waals surface area contributed by atoms with Crippen LogP contribution in [-0.4, -0.2) is 76.3 Å². The first-order valence-electron chi connectivity index (χ1n) is 10.7. The standard InChI is InChI=1S/C23H27N5O3/c29-21(27-14-12-26(13-15-27)11-9-19-8-4-5-10-24-19)16-20-22(30)28(23(31)25-20)17-18-6-2-1-3-7-18/h1-8,10,20H,9,11-17H2,(H,25,31). The Hall–Kier alpha value is -3.26. The van der Waals surface area contributed by atoms with E-state index in [1.54, 1.807) is 11.1 Å². The van der Waals surface area contributed by atoms with Gasteiger partial charge in [-0.2, -0.15) is 0 Å². The molecule has 1 unspecified atom stereocenters. The van der Waals surface area contributed by atoms with Crippen LogP contribution in [-0.2, 0) is 22.6 Å². The lowest BCUT2D eigenvalue weighted by atomic mass is 10.1. The highest BCUT2D eigenvalue weighted by molar-refractivity contribution is 6.05. The first kappa shape index (κ1) is 21.0. The van der Waals surface area contributed by atoms with Crippen molar-refractivity contribution in [3.63, 3.8) is 0 Å². The van der Waals surface area contributed by atoms with Crippen molar-refractivity contribution in [2.24, 2.45) is 0 Å². The van der Waals surface area contributed by atoms with Crippen LogP contribution in [0.1, 0.15) is 17.7 Å². The van der Waals surface area contributed by atoms with E-state index in [1.165, 1.54) is 4.90 Å². The molecule has 2 aromatic rings. The van der Waals surface area contributed by atoms with Gasteiger partial charge in [0.25, 0.3) is 5.91 Å². The zero-order valence-corrected chi connectivity index (χ0v) is 17.4. The van der Waals surface area contributed by atoms with Crippen LogP contribution < -0.4 is 5.32 Å². The van der Waals surface area contributed by atoms with Crippen LogP contribution in [0, 0.1) is 0 Å². The van der Waals surface area contributed by atoms with Crippen LogP contribution in [0.2, 0.25) is 0 Å². The minimum Gasteiger partial charge on any atom is -0.340 e. The summed E-state index contributed by atoms with van der Waals surface area (Å²) in [4.78, 5) is 47.3. The fourth-order valence-electron chi connectivity index (χ4n) is 3.97. The third kappa shape index (κ3) is 5.27. The maximum atomic E-state index is 12.7. The molecule has 2 fully saturated rings. The predicted molar refractivity (Wildman–Crippen MR) is 115 cm³/mol. The fourth-order valence-corrected chi connectivity index (χ4v) is 3.97. The molecule has 4 rings (SSSR count). The fraction of sp³-hybridized carbons (Fsp3) is 0.391. The Morgan fingerprint density at radius 1 is 1.00 bits per heavy atom. The SMILES string of the molecule is O=C(CC1NC(=O)N(Cc2ccccc2)C1=O)N1CCN(CCc2ccccn2)CC1. The van der Waals surface area contributed by atoms with Crippen LogP contribution in [0.3, 0.4) is 0 Å². The van der Waals surface area contributed by atoms with Crippen molar-refractivity contribution in [2.45, 2.75) is 25.4 Å². The number of carbonyl (C=O) groups is 3. The number of imide groups is 1. The number of nitrogens with zero attached hydrogens (tertiary/aromatic N) is 4. The van der Waals surface area contributed by atoms with Gasteiger partial charge in [0.1, 0.15) is 6.04 Å². The molecule has 31 heavy (non-hydrogen) atoms. The molecule has 1 aromatic heterocycles. The predicted octanol–water partition coefficient (Wildman–Crippen LogP) is 1.28. The van der Waals surface area contributed by atoms with Gasteiger partial charge in [-0.25, -0.2) is 4.79 Å². The summed E-state index contributed by atoms with van der Waals surface area (Å²) in [7, 11) is 0. The number of aromatic nitrogens is 1. The monoisotopic (exact) mass is 421 g/mol. The molecule has 4 amide bonds. The number of amides is 4. The Morgan fingerprint density at radius 2 is 1.74 bits per heavy atom. The number of piperazine rings is 1. The van der Waals surface area contributed by atoms with Gasteiger partial charge in [-0.1, -0.05) is 36.4 Å². The molecule has 162 valence electrons. The van der Waals surface area contributed by atoms with Crippen molar-refractivity contribution in [2.75, 3.05) is 32.7 Å². The van der Waals surface area contributed by atoms with Crippen LogP contribution >= 0.6 is 0 Å². The van der Waals surface area contributed by atoms with Gasteiger partial charge in [-0.15, -0.1) is 0 Å². The summed E-state index contributed by atoms with van der Waals surface area (Å²) in [6.45, 7) is 3.97. The number of hydrogen-bond acceptors (Lipinski definition) is 5. The Morgan fingerprint density at radius 3 is 2.45 bits per heavy atom. The highest BCUT2D eigenvalue weighted by Gasteiger charge is 2.39. The largest absolute Gasteiger partial charge is 0.340 e. The molecule has 2 saturated heterocycles. The molecular weight excluding hydrogens is 394 g/mol. The molecule has 1 atom stereocenters. The molecule has 8 heteroatoms. The number of pyridine rings is 1. The molecule has 0 bridgehead atoms. The van der Waals surface area contributed by atoms with Gasteiger partial charge in [-0.05, 0) is 17.7 Å². The summed E-state index contributed by atoms with van der Waals surface area (Å²) >= 11 is 0. The topological polar surface area (TPSA) is 85.8 Å². The van der Waals surface area contributed by atoms with Crippen molar-refractivity contribution >= 4 is 17.8 Å². The molecule has 2 aliphatic rings. The number of rotatable bonds is 7. The third-order valence-electron chi connectivity index (χ3n) is 5.80. The Kier molecular flexibility index (Phi) is 6.57. The molecule has 0 spiro atoms. The Labute approximate surface area is 181 Å². The van der Waals surface area contributed by atoms with Gasteiger partial charge in [-0.3, -0.25) is 24.4 Å². The number of urea groups is 1. The van der Waals surface area contributed by atoms with E-state index < -0.39 is 12.1 Å². The van der Waals surface area contributed by atoms with Crippen molar-refractivity contribution in [1.82, 2.24) is 25.0 Å². The average molecular weight is 422 g/mol. The quantitative estimate of drug-likeness (QED) is 0.681. The van der Waals surface area contributed by atoms with E-state index in [0.29, 0.717) is 13.1 Å². The minimum atomic E-state index is -0.786. The van der Waals surface area contributed by atoms with Crippen molar-refractivity contribution in [3.8, 4) is 0 Å². The lowest BCUT2D eigenvalue weighted by Gasteiger charge is -2.35. The van der Waals surface area contributed by atoms with E-state index in [-0.39, 0.29) is 24.8 Å². The second-order valence-corrected chi connectivity index (χ2v) is 7.91. The van der Waals surface area contributed by atoms with Crippen LogP contribution in [0.5, 0.6) is 0 Å². The second kappa shape index (κ2) is 9.70. The van der Waals surface area contributed by atoms with E-state index in [0.717, 1.165) is 37.3 Å². The molecule has 8 nitrogen and oxygen atoms in total. The van der Waals surface area contributed by atoms with E-state index in [2.05, 4.69) is 15.2 Å². The van der Waals surface area contributed by atoms with Crippen molar-refractivity contribution < 1.29 is 14.4 Å². The first-order valence-corrected chi connectivity index (χ1v) is 10.7. The lowest BCUT2D eigenvalue weighted by Crippen LogP contribution is -2.50. The van der Waals surface area contributed by atoms with Gasteiger partial charge in [0, 0.05) is 51.0 Å². The van der Waals surface area contributed by atoms with Gasteiger partial charge < -0.3 is 10.2 Å². The van der Waals surface area contributed by atoms with E-state index in [1.807, 2.05) is 48.5 Å². The number of hydrogen-bond donors (Lipinski definition) is 1. The third-order valence-corrected chi connectivity index (χ3v) is 5.80. The molecule has 0 aliphatic carbocycles. The Bertz CT molecular complexity index is 913. The van der Waals surface area contributed by atoms with Gasteiger partial charge in [0.05, 0.1) is 13.0 Å². The summed E-state index contributed by atoms with van der Waals surface area (Å²) in [5, 5.41) is 2.66. The zero-order valence-electron chi connectivity index (χ0n) is 17.4. The van der Waals surface area contributed by atoms with Crippen LogP contribution in [0.25, 0.3) is 0 Å². The van der Waals surface area contributed by atoms with Crippen molar-refractivity contribution in [3.05, 3.63) is 66.0 Å². The summed E-state index contributed by atoms with van der Waals surface area (Å²) in [6, 6.07) is 14.0. The maximum absolute atomic E-state index is 12.7. The second-order valence-electron chi connectivity index (χ2n) is 7.91. The average Bonchev–Trinajstić information content (AvgIpc) is 3.06. The highest BCUT2D eigenvalue weighted by atomic mass is 16.2. The summed E-state index contributed by atoms with van der Waals surface area (Å²) in [6.07, 6.45) is 2.69. The normalized spacial score (nSPS) is 19.5. The van der Waals surface area contributed by atoms with Crippen molar-refractivity contribution in [1.29, 1.82) is 0 Å². The molecule has 3 heterocycles. The smallest absolute Gasteiger partial charge is 0.325 e. The maximum Gasteiger partial charge on any atom is 0.325 e. The summed E-state index contributed by atoms with van der Waals surface area (Å²) < 4.78 is 0. The van der Waals surface area contributed by atoms with Crippen LogP contribution in [0.15, 0.2) is 54.7 Å². The van der Waals surface area contributed by atoms with E-state index in [4.69, 9.17) is 0 Å². The van der Waals surface area contributed by atoms with Gasteiger partial charge in [0.2, 0.25) is 5.91 Å². The molecule has 2 aliphatic heterocycles. The minimum absolute atomic E-state index is 0.00377. The van der Waals surface area contributed by atoms with Gasteiger partial charge in [0.15, 0.2) is 0 Å². The van der Waals surface area contributed by atoms with Gasteiger partial charge >= 0.3 is 6.03 Å². The molecule has 1 aromatic carbocycles. The highest BCUT2D eigenvalue weighted by Crippen LogP contribution is 2.15. The lowest BCUT2D eigenvalue weighted by molar-refractivity contribution is -0.137. The van der Waals surface area contributed by atoms with E-state index >= 15 is 0 Å². The number of nitrogens with one attached hydrogen (secondary N) is 1. The molecular formula is C23H27N5O3. The summed E-state index contributed by atoms with van der Waals surface area (Å²) in [5.41, 5.74) is 1.94. The zero-order chi connectivity index (χ0) is 21.6. The van der Waals surface area contributed by atoms with Crippen LogP contribution in [0.4, 0.5) is 4.79 Å². The summed E-state index contributed by atoms with van der Waals surface area (Å²) in [5.74, 6) is -0.430. The Balaban J connectivity index is 1.23. The number of carbonyl (C=O) groups excluding carboxylic acids is 3. The molecule has 0 radical (unpaired) electrons. The van der Waals surface area contributed by atoms with E-state index in [9.17, 15) is 14.4 Å². The molecule has 0 saturated carbocycles.